The lowest BCUT2D eigenvalue weighted by Crippen LogP contribution is -2.15. The number of aromatic nitrogens is 4. The van der Waals surface area contributed by atoms with Crippen LogP contribution in [0.5, 0.6) is 11.5 Å². The van der Waals surface area contributed by atoms with Crippen molar-refractivity contribution >= 4 is 11.8 Å². The summed E-state index contributed by atoms with van der Waals surface area (Å²) in [6.07, 6.45) is 1.00. The molecule has 0 amide bonds. The Kier molecular flexibility index (Phi) is 8.54. The summed E-state index contributed by atoms with van der Waals surface area (Å²) in [5.41, 5.74) is 4.49. The summed E-state index contributed by atoms with van der Waals surface area (Å²) in [6, 6.07) is 24.3. The van der Waals surface area contributed by atoms with E-state index in [-0.39, 0.29) is 0 Å². The standard InChI is InChI=1S/C26H29N5O2S/c1-20-8-6-9-22(16-20)19-33-24-13-12-21(17-25(24)32-2)18-27-14-7-15-34-26-28-29-30-31(26)23-10-4-3-5-11-23/h3-6,8-13,16-17,27H,7,14-15,18-19H2,1-2H3. The average molecular weight is 476 g/mol. The van der Waals surface area contributed by atoms with Crippen LogP contribution in [0.25, 0.3) is 5.69 Å². The van der Waals surface area contributed by atoms with Crippen LogP contribution in [0.4, 0.5) is 0 Å². The van der Waals surface area contributed by atoms with Crippen LogP contribution in [0.2, 0.25) is 0 Å². The largest absolute Gasteiger partial charge is 0.493 e. The number of thioether (sulfide) groups is 1. The Hall–Kier alpha value is -3.36. The Morgan fingerprint density at radius 3 is 2.65 bits per heavy atom. The highest BCUT2D eigenvalue weighted by molar-refractivity contribution is 7.99. The van der Waals surface area contributed by atoms with E-state index in [1.807, 2.05) is 48.5 Å². The molecule has 0 spiro atoms. The minimum absolute atomic E-state index is 0.515. The van der Waals surface area contributed by atoms with E-state index in [0.29, 0.717) is 6.61 Å². The Labute approximate surface area is 204 Å². The molecule has 7 nitrogen and oxygen atoms in total. The van der Waals surface area contributed by atoms with E-state index < -0.39 is 0 Å². The van der Waals surface area contributed by atoms with Crippen molar-refractivity contribution in [3.05, 3.63) is 89.5 Å². The molecule has 34 heavy (non-hydrogen) atoms. The minimum Gasteiger partial charge on any atom is -0.493 e. The van der Waals surface area contributed by atoms with Crippen LogP contribution in [0, 0.1) is 6.92 Å². The summed E-state index contributed by atoms with van der Waals surface area (Å²) in [5.74, 6) is 2.42. The fourth-order valence-corrected chi connectivity index (χ4v) is 4.33. The predicted molar refractivity (Wildman–Crippen MR) is 135 cm³/mol. The van der Waals surface area contributed by atoms with E-state index in [9.17, 15) is 0 Å². The number of tetrazole rings is 1. The second-order valence-corrected chi connectivity index (χ2v) is 8.91. The lowest BCUT2D eigenvalue weighted by Gasteiger charge is -2.13. The summed E-state index contributed by atoms with van der Waals surface area (Å²) < 4.78 is 13.3. The van der Waals surface area contributed by atoms with Gasteiger partial charge in [0, 0.05) is 12.3 Å². The number of nitrogens with one attached hydrogen (secondary N) is 1. The maximum absolute atomic E-state index is 5.99. The van der Waals surface area contributed by atoms with Crippen LogP contribution in [0.3, 0.4) is 0 Å². The smallest absolute Gasteiger partial charge is 0.214 e. The molecular weight excluding hydrogens is 446 g/mol. The Bertz CT molecular complexity index is 1180. The first-order valence-electron chi connectivity index (χ1n) is 11.3. The zero-order chi connectivity index (χ0) is 23.6. The third kappa shape index (κ3) is 6.59. The first-order valence-corrected chi connectivity index (χ1v) is 12.2. The van der Waals surface area contributed by atoms with Gasteiger partial charge in [0.1, 0.15) is 6.61 Å². The molecule has 0 aliphatic carbocycles. The van der Waals surface area contributed by atoms with Crippen molar-refractivity contribution < 1.29 is 9.47 Å². The maximum Gasteiger partial charge on any atom is 0.214 e. The molecule has 0 unspecified atom stereocenters. The lowest BCUT2D eigenvalue weighted by atomic mass is 10.1. The van der Waals surface area contributed by atoms with E-state index >= 15 is 0 Å². The first-order chi connectivity index (χ1) is 16.7. The molecular formula is C26H29N5O2S. The summed E-state index contributed by atoms with van der Waals surface area (Å²) in [6.45, 7) is 4.26. The zero-order valence-corrected chi connectivity index (χ0v) is 20.3. The summed E-state index contributed by atoms with van der Waals surface area (Å²) in [7, 11) is 1.67. The Morgan fingerprint density at radius 1 is 0.941 bits per heavy atom. The molecule has 0 radical (unpaired) electrons. The van der Waals surface area contributed by atoms with Gasteiger partial charge < -0.3 is 14.8 Å². The van der Waals surface area contributed by atoms with Gasteiger partial charge in [-0.05, 0) is 65.7 Å². The number of hydrogen-bond acceptors (Lipinski definition) is 7. The van der Waals surface area contributed by atoms with Crippen LogP contribution in [0.15, 0.2) is 78.0 Å². The van der Waals surface area contributed by atoms with E-state index in [4.69, 9.17) is 9.47 Å². The molecule has 4 rings (SSSR count). The Morgan fingerprint density at radius 2 is 1.82 bits per heavy atom. The summed E-state index contributed by atoms with van der Waals surface area (Å²) in [4.78, 5) is 0. The van der Waals surface area contributed by atoms with Crippen LogP contribution in [-0.2, 0) is 13.2 Å². The van der Waals surface area contributed by atoms with E-state index in [0.717, 1.165) is 58.7 Å². The fourth-order valence-electron chi connectivity index (χ4n) is 3.50. The zero-order valence-electron chi connectivity index (χ0n) is 19.5. The summed E-state index contributed by atoms with van der Waals surface area (Å²) >= 11 is 1.66. The molecule has 4 aromatic rings. The molecule has 0 aliphatic rings. The van der Waals surface area contributed by atoms with Crippen molar-refractivity contribution in [2.75, 3.05) is 19.4 Å². The molecule has 176 valence electrons. The van der Waals surface area contributed by atoms with Gasteiger partial charge in [0.05, 0.1) is 12.8 Å². The number of ether oxygens (including phenoxy) is 2. The second-order valence-electron chi connectivity index (χ2n) is 7.85. The number of para-hydroxylation sites is 1. The molecule has 0 atom stereocenters. The van der Waals surface area contributed by atoms with Crippen molar-refractivity contribution in [1.29, 1.82) is 0 Å². The fraction of sp³-hybridized carbons (Fsp3) is 0.269. The van der Waals surface area contributed by atoms with Gasteiger partial charge in [-0.2, -0.15) is 4.68 Å². The normalized spacial score (nSPS) is 10.9. The molecule has 8 heteroatoms. The minimum atomic E-state index is 0.515. The van der Waals surface area contributed by atoms with E-state index in [1.54, 1.807) is 23.6 Å². The van der Waals surface area contributed by atoms with Gasteiger partial charge in [-0.15, -0.1) is 5.10 Å². The summed E-state index contributed by atoms with van der Waals surface area (Å²) in [5, 5.41) is 16.4. The SMILES string of the molecule is COc1cc(CNCCCSc2nnnn2-c2ccccc2)ccc1OCc1cccc(C)c1. The van der Waals surface area contributed by atoms with Crippen molar-refractivity contribution in [2.24, 2.45) is 0 Å². The van der Waals surface area contributed by atoms with E-state index in [1.165, 1.54) is 5.56 Å². The second kappa shape index (κ2) is 12.2. The van der Waals surface area contributed by atoms with Crippen molar-refractivity contribution in [3.63, 3.8) is 0 Å². The number of aryl methyl sites for hydroxylation is 1. The average Bonchev–Trinajstić information content (AvgIpc) is 3.34. The number of hydrogen-bond donors (Lipinski definition) is 1. The monoisotopic (exact) mass is 475 g/mol. The van der Waals surface area contributed by atoms with Gasteiger partial charge in [-0.25, -0.2) is 0 Å². The van der Waals surface area contributed by atoms with Crippen molar-refractivity contribution in [1.82, 2.24) is 25.5 Å². The topological polar surface area (TPSA) is 74.1 Å². The van der Waals surface area contributed by atoms with Crippen LogP contribution < -0.4 is 14.8 Å². The van der Waals surface area contributed by atoms with Gasteiger partial charge in [-0.3, -0.25) is 0 Å². The molecule has 3 aromatic carbocycles. The molecule has 0 fully saturated rings. The highest BCUT2D eigenvalue weighted by Crippen LogP contribution is 2.29. The quantitative estimate of drug-likeness (QED) is 0.232. The Balaban J connectivity index is 1.20. The number of benzene rings is 3. The number of nitrogens with zero attached hydrogens (tertiary/aromatic N) is 4. The van der Waals surface area contributed by atoms with Gasteiger partial charge in [-0.1, -0.05) is 65.9 Å². The third-order valence-electron chi connectivity index (χ3n) is 5.20. The van der Waals surface area contributed by atoms with Crippen LogP contribution in [0.1, 0.15) is 23.1 Å². The first kappa shape index (κ1) is 23.8. The van der Waals surface area contributed by atoms with Gasteiger partial charge in [0.2, 0.25) is 5.16 Å². The predicted octanol–water partition coefficient (Wildman–Crippen LogP) is 4.83. The third-order valence-corrected chi connectivity index (χ3v) is 6.21. The molecule has 0 aliphatic heterocycles. The van der Waals surface area contributed by atoms with Gasteiger partial charge in [0.25, 0.3) is 0 Å². The van der Waals surface area contributed by atoms with Gasteiger partial charge in [0.15, 0.2) is 11.5 Å². The molecule has 0 saturated heterocycles. The van der Waals surface area contributed by atoms with Crippen LogP contribution in [-0.4, -0.2) is 39.6 Å². The highest BCUT2D eigenvalue weighted by Gasteiger charge is 2.09. The molecule has 0 bridgehead atoms. The maximum atomic E-state index is 5.99. The van der Waals surface area contributed by atoms with Crippen molar-refractivity contribution in [2.45, 2.75) is 31.7 Å². The molecule has 1 N–H and O–H groups in total. The number of rotatable bonds is 12. The molecule has 1 heterocycles. The van der Waals surface area contributed by atoms with Crippen molar-refractivity contribution in [3.8, 4) is 17.2 Å². The highest BCUT2D eigenvalue weighted by atomic mass is 32.2. The van der Waals surface area contributed by atoms with E-state index in [2.05, 4.69) is 52.0 Å². The number of methoxy groups -OCH3 is 1. The molecule has 0 saturated carbocycles. The lowest BCUT2D eigenvalue weighted by molar-refractivity contribution is 0.284. The molecule has 1 aromatic heterocycles. The van der Waals surface area contributed by atoms with Crippen LogP contribution >= 0.6 is 11.8 Å². The van der Waals surface area contributed by atoms with Gasteiger partial charge >= 0.3 is 0 Å².